The number of amides is 1. The van der Waals surface area contributed by atoms with Crippen molar-refractivity contribution >= 4 is 11.7 Å². The van der Waals surface area contributed by atoms with E-state index < -0.39 is 12.0 Å². The average molecular weight is 384 g/mol. The Kier molecular flexibility index (Phi) is 5.36. The first-order chi connectivity index (χ1) is 12.7. The summed E-state index contributed by atoms with van der Waals surface area (Å²) in [5.41, 5.74) is 1.84. The second-order valence-electron chi connectivity index (χ2n) is 6.94. The summed E-state index contributed by atoms with van der Waals surface area (Å²) in [6.45, 7) is 6.64. The van der Waals surface area contributed by atoms with E-state index in [0.29, 0.717) is 30.8 Å². The van der Waals surface area contributed by atoms with E-state index in [1.165, 1.54) is 0 Å². The summed E-state index contributed by atoms with van der Waals surface area (Å²) < 4.78 is 39.7. The molecule has 0 radical (unpaired) electrons. The molecule has 3 heterocycles. The first-order valence-corrected chi connectivity index (χ1v) is 8.93. The quantitative estimate of drug-likeness (QED) is 0.808. The molecule has 0 bridgehead atoms. The minimum absolute atomic E-state index is 0.0544. The van der Waals surface area contributed by atoms with Gasteiger partial charge in [-0.3, -0.25) is 4.79 Å². The molecule has 0 aromatic carbocycles. The third-order valence-electron chi connectivity index (χ3n) is 4.96. The molecule has 0 aliphatic carbocycles. The topological polar surface area (TPSA) is 66.6 Å². The van der Waals surface area contributed by atoms with Crippen LogP contribution in [0.1, 0.15) is 35.6 Å². The molecule has 1 fully saturated rings. The molecule has 0 unspecified atom stereocenters. The van der Waals surface area contributed by atoms with Gasteiger partial charge in [0.2, 0.25) is 5.91 Å². The second-order valence-corrected chi connectivity index (χ2v) is 6.94. The van der Waals surface area contributed by atoms with Gasteiger partial charge in [-0.15, -0.1) is 5.10 Å². The molecule has 1 aliphatic rings. The number of carbonyl (C=O) groups is 1. The number of nitrogens with zero attached hydrogens (tertiary/aromatic N) is 6. The van der Waals surface area contributed by atoms with E-state index >= 15 is 0 Å². The number of aromatic nitrogens is 4. The van der Waals surface area contributed by atoms with Crippen LogP contribution < -0.4 is 0 Å². The van der Waals surface area contributed by atoms with E-state index in [1.54, 1.807) is 13.8 Å². The number of hydrogen-bond acceptors (Lipinski definition) is 5. The van der Waals surface area contributed by atoms with Gasteiger partial charge in [0.15, 0.2) is 0 Å². The lowest BCUT2D eigenvalue weighted by molar-refractivity contribution is -0.144. The maximum atomic E-state index is 12.9. The fourth-order valence-corrected chi connectivity index (χ4v) is 3.38. The van der Waals surface area contributed by atoms with Crippen molar-refractivity contribution in [1.29, 1.82) is 0 Å². The Bertz CT molecular complexity index is 847. The third kappa shape index (κ3) is 4.20. The fourth-order valence-electron chi connectivity index (χ4n) is 3.38. The molecule has 27 heavy (non-hydrogen) atoms. The molecular formula is C17H23F3N6O. The maximum Gasteiger partial charge on any atom is 0.453 e. The summed E-state index contributed by atoms with van der Waals surface area (Å²) in [5, 5.41) is 3.54. The van der Waals surface area contributed by atoms with E-state index in [4.69, 9.17) is 0 Å². The smallest absolute Gasteiger partial charge is 0.341 e. The van der Waals surface area contributed by atoms with Crippen LogP contribution in [0.2, 0.25) is 0 Å². The van der Waals surface area contributed by atoms with Gasteiger partial charge < -0.3 is 9.80 Å². The molecule has 2 aromatic heterocycles. The number of halogens is 3. The van der Waals surface area contributed by atoms with Gasteiger partial charge in [-0.2, -0.15) is 18.2 Å². The number of rotatable bonds is 3. The van der Waals surface area contributed by atoms with Gasteiger partial charge in [0.05, 0.1) is 0 Å². The minimum atomic E-state index is -4.62. The molecule has 0 saturated carbocycles. The van der Waals surface area contributed by atoms with E-state index in [9.17, 15) is 18.0 Å². The van der Waals surface area contributed by atoms with Crippen molar-refractivity contribution in [3.8, 4) is 0 Å². The Labute approximate surface area is 155 Å². The van der Waals surface area contributed by atoms with E-state index in [0.717, 1.165) is 36.1 Å². The normalized spacial score (nSPS) is 16.7. The van der Waals surface area contributed by atoms with E-state index in [-0.39, 0.29) is 11.7 Å². The molecule has 3 rings (SSSR count). The molecule has 1 aliphatic heterocycles. The summed E-state index contributed by atoms with van der Waals surface area (Å²) >= 11 is 0. The van der Waals surface area contributed by atoms with Crippen molar-refractivity contribution in [2.75, 3.05) is 33.2 Å². The van der Waals surface area contributed by atoms with Crippen LogP contribution in [0.3, 0.4) is 0 Å². The molecule has 1 amide bonds. The zero-order valence-electron chi connectivity index (χ0n) is 15.7. The molecule has 0 N–H and O–H groups in total. The molecule has 2 aromatic rings. The van der Waals surface area contributed by atoms with Gasteiger partial charge in [-0.25, -0.2) is 9.50 Å². The zero-order valence-corrected chi connectivity index (χ0v) is 15.7. The Hall–Kier alpha value is -2.23. The van der Waals surface area contributed by atoms with Crippen LogP contribution in [0.15, 0.2) is 0 Å². The zero-order chi connectivity index (χ0) is 19.8. The minimum Gasteiger partial charge on any atom is -0.341 e. The predicted octanol–water partition coefficient (Wildman–Crippen LogP) is 1.86. The molecule has 1 saturated heterocycles. The Morgan fingerprint density at radius 1 is 1.11 bits per heavy atom. The highest BCUT2D eigenvalue weighted by Crippen LogP contribution is 2.27. The van der Waals surface area contributed by atoms with Gasteiger partial charge >= 0.3 is 6.18 Å². The van der Waals surface area contributed by atoms with Crippen molar-refractivity contribution in [2.24, 2.45) is 0 Å². The average Bonchev–Trinajstić information content (AvgIpc) is 2.90. The monoisotopic (exact) mass is 384 g/mol. The van der Waals surface area contributed by atoms with E-state index in [1.807, 2.05) is 11.9 Å². The number of likely N-dealkylation sites (N-methyl/N-ethyl adjacent to an activating group) is 1. The first kappa shape index (κ1) is 19.5. The Balaban J connectivity index is 1.77. The Morgan fingerprint density at radius 2 is 1.85 bits per heavy atom. The number of alkyl halides is 3. The van der Waals surface area contributed by atoms with Crippen LogP contribution in [0.5, 0.6) is 0 Å². The van der Waals surface area contributed by atoms with Crippen molar-refractivity contribution in [1.82, 2.24) is 29.4 Å². The van der Waals surface area contributed by atoms with Crippen LogP contribution in [-0.2, 0) is 17.4 Å². The van der Waals surface area contributed by atoms with Crippen LogP contribution >= 0.6 is 0 Å². The van der Waals surface area contributed by atoms with Gasteiger partial charge in [0.25, 0.3) is 11.6 Å². The molecule has 148 valence electrons. The lowest BCUT2D eigenvalue weighted by atomic mass is 10.1. The van der Waals surface area contributed by atoms with Crippen molar-refractivity contribution in [3.63, 3.8) is 0 Å². The number of aryl methyl sites for hydroxylation is 2. The number of hydrogen-bond donors (Lipinski definition) is 0. The molecule has 10 heteroatoms. The second kappa shape index (κ2) is 7.41. The highest BCUT2D eigenvalue weighted by atomic mass is 19.4. The summed E-state index contributed by atoms with van der Waals surface area (Å²) in [5.74, 6) is -1.24. The van der Waals surface area contributed by atoms with Crippen LogP contribution in [0.25, 0.3) is 5.78 Å². The standard InChI is InChI=1S/C17H23F3N6O/c1-11-13(5-6-14(27)25-8-4-7-24(3)9-10-25)12(2)26-16(21-11)22-15(23-26)17(18,19)20/h4-10H2,1-3H3. The summed E-state index contributed by atoms with van der Waals surface area (Å²) in [6, 6.07) is 0. The summed E-state index contributed by atoms with van der Waals surface area (Å²) in [6.07, 6.45) is -2.98. The SMILES string of the molecule is Cc1nc2nc(C(F)(F)F)nn2c(C)c1CCC(=O)N1CCCN(C)CC1. The predicted molar refractivity (Wildman–Crippen MR) is 92.3 cm³/mol. The first-order valence-electron chi connectivity index (χ1n) is 8.93. The lowest BCUT2D eigenvalue weighted by Gasteiger charge is -2.21. The lowest BCUT2D eigenvalue weighted by Crippen LogP contribution is -2.34. The Morgan fingerprint density at radius 3 is 2.56 bits per heavy atom. The molecule has 7 nitrogen and oxygen atoms in total. The molecule has 0 atom stereocenters. The van der Waals surface area contributed by atoms with Gasteiger partial charge in [0, 0.05) is 37.4 Å². The number of carbonyl (C=O) groups excluding carboxylic acids is 1. The van der Waals surface area contributed by atoms with Crippen molar-refractivity contribution in [3.05, 3.63) is 22.8 Å². The van der Waals surface area contributed by atoms with Gasteiger partial charge in [0.1, 0.15) is 0 Å². The van der Waals surface area contributed by atoms with Crippen molar-refractivity contribution < 1.29 is 18.0 Å². The van der Waals surface area contributed by atoms with Crippen molar-refractivity contribution in [2.45, 2.75) is 39.3 Å². The highest BCUT2D eigenvalue weighted by Gasteiger charge is 2.37. The largest absolute Gasteiger partial charge is 0.453 e. The third-order valence-corrected chi connectivity index (χ3v) is 4.96. The van der Waals surface area contributed by atoms with E-state index in [2.05, 4.69) is 20.0 Å². The maximum absolute atomic E-state index is 12.9. The molecule has 0 spiro atoms. The molecular weight excluding hydrogens is 361 g/mol. The number of fused-ring (bicyclic) bond motifs is 1. The van der Waals surface area contributed by atoms with Gasteiger partial charge in [-0.1, -0.05) is 0 Å². The fraction of sp³-hybridized carbons (Fsp3) is 0.647. The van der Waals surface area contributed by atoms with Crippen LogP contribution in [-0.4, -0.2) is 68.5 Å². The van der Waals surface area contributed by atoms with Crippen LogP contribution in [0, 0.1) is 13.8 Å². The van der Waals surface area contributed by atoms with Gasteiger partial charge in [-0.05, 0) is 45.8 Å². The highest BCUT2D eigenvalue weighted by molar-refractivity contribution is 5.76. The van der Waals surface area contributed by atoms with Crippen LogP contribution in [0.4, 0.5) is 13.2 Å². The summed E-state index contributed by atoms with van der Waals surface area (Å²) in [4.78, 5) is 24.2. The summed E-state index contributed by atoms with van der Waals surface area (Å²) in [7, 11) is 2.04.